The van der Waals surface area contributed by atoms with E-state index in [0.29, 0.717) is 38.7 Å². The monoisotopic (exact) mass is 344 g/mol. The van der Waals surface area contributed by atoms with Crippen LogP contribution in [0.3, 0.4) is 0 Å². The molecule has 5 nitrogen and oxygen atoms in total. The van der Waals surface area contributed by atoms with Crippen molar-refractivity contribution in [2.75, 3.05) is 26.2 Å². The number of aryl methyl sites for hydroxylation is 1. The number of benzene rings is 1. The van der Waals surface area contributed by atoms with Gasteiger partial charge in [0.1, 0.15) is 5.75 Å². The molecule has 136 valence electrons. The SMILES string of the molecule is CC(=O)N1CCN(C(=O)CCc2cccc(OC3CCCC3)c2)CC1. The first-order chi connectivity index (χ1) is 12.1. The molecule has 25 heavy (non-hydrogen) atoms. The minimum absolute atomic E-state index is 0.0891. The van der Waals surface area contributed by atoms with E-state index in [1.807, 2.05) is 17.0 Å². The molecule has 1 saturated heterocycles. The highest BCUT2D eigenvalue weighted by Crippen LogP contribution is 2.25. The second-order valence-electron chi connectivity index (χ2n) is 7.06. The molecule has 0 bridgehead atoms. The molecular weight excluding hydrogens is 316 g/mol. The highest BCUT2D eigenvalue weighted by atomic mass is 16.5. The van der Waals surface area contributed by atoms with Gasteiger partial charge in [0, 0.05) is 39.5 Å². The van der Waals surface area contributed by atoms with Crippen LogP contribution in [0.4, 0.5) is 0 Å². The van der Waals surface area contributed by atoms with Crippen molar-refractivity contribution in [2.24, 2.45) is 0 Å². The van der Waals surface area contributed by atoms with Crippen molar-refractivity contribution in [1.29, 1.82) is 0 Å². The second kappa shape index (κ2) is 8.37. The molecule has 0 aromatic heterocycles. The van der Waals surface area contributed by atoms with Crippen LogP contribution in [0.1, 0.15) is 44.6 Å². The third kappa shape index (κ3) is 4.97. The molecule has 1 aliphatic carbocycles. The first-order valence-electron chi connectivity index (χ1n) is 9.41. The van der Waals surface area contributed by atoms with Crippen LogP contribution in [0, 0.1) is 0 Å². The molecule has 2 amide bonds. The lowest BCUT2D eigenvalue weighted by Gasteiger charge is -2.34. The summed E-state index contributed by atoms with van der Waals surface area (Å²) >= 11 is 0. The predicted molar refractivity (Wildman–Crippen MR) is 96.5 cm³/mol. The van der Waals surface area contributed by atoms with Crippen LogP contribution in [0.2, 0.25) is 0 Å². The summed E-state index contributed by atoms with van der Waals surface area (Å²) in [4.78, 5) is 27.4. The number of amides is 2. The average molecular weight is 344 g/mol. The van der Waals surface area contributed by atoms with Crippen molar-refractivity contribution in [3.63, 3.8) is 0 Å². The third-order valence-electron chi connectivity index (χ3n) is 5.21. The van der Waals surface area contributed by atoms with Crippen molar-refractivity contribution < 1.29 is 14.3 Å². The Kier molecular flexibility index (Phi) is 5.95. The van der Waals surface area contributed by atoms with Crippen LogP contribution < -0.4 is 4.74 Å². The fourth-order valence-corrected chi connectivity index (χ4v) is 3.65. The molecule has 5 heteroatoms. The molecule has 0 atom stereocenters. The van der Waals surface area contributed by atoms with Crippen LogP contribution in [-0.4, -0.2) is 53.9 Å². The molecule has 0 unspecified atom stereocenters. The largest absolute Gasteiger partial charge is 0.490 e. The zero-order valence-electron chi connectivity index (χ0n) is 15.1. The quantitative estimate of drug-likeness (QED) is 0.825. The number of piperazine rings is 1. The summed E-state index contributed by atoms with van der Waals surface area (Å²) in [6, 6.07) is 8.14. The van der Waals surface area contributed by atoms with Gasteiger partial charge in [0.25, 0.3) is 0 Å². The molecule has 1 aromatic carbocycles. The van der Waals surface area contributed by atoms with Gasteiger partial charge in [0.05, 0.1) is 6.10 Å². The Morgan fingerprint density at radius 1 is 1.08 bits per heavy atom. The van der Waals surface area contributed by atoms with E-state index in [0.717, 1.165) is 30.6 Å². The zero-order chi connectivity index (χ0) is 17.6. The Balaban J connectivity index is 1.46. The van der Waals surface area contributed by atoms with Gasteiger partial charge < -0.3 is 14.5 Å². The number of hydrogen-bond donors (Lipinski definition) is 0. The Morgan fingerprint density at radius 2 is 1.76 bits per heavy atom. The van der Waals surface area contributed by atoms with Gasteiger partial charge >= 0.3 is 0 Å². The molecular formula is C20H28N2O3. The molecule has 1 saturated carbocycles. The topological polar surface area (TPSA) is 49.9 Å². The molecule has 0 spiro atoms. The maximum Gasteiger partial charge on any atom is 0.223 e. The molecule has 1 aliphatic heterocycles. The number of ether oxygens (including phenoxy) is 1. The van der Waals surface area contributed by atoms with Crippen molar-refractivity contribution in [3.8, 4) is 5.75 Å². The molecule has 1 heterocycles. The Bertz CT molecular complexity index is 603. The molecule has 2 aliphatic rings. The van der Waals surface area contributed by atoms with Crippen molar-refractivity contribution >= 4 is 11.8 Å². The number of nitrogens with zero attached hydrogens (tertiary/aromatic N) is 2. The molecule has 0 radical (unpaired) electrons. The zero-order valence-corrected chi connectivity index (χ0v) is 15.1. The van der Waals surface area contributed by atoms with Gasteiger partial charge in [-0.1, -0.05) is 12.1 Å². The normalized spacial score (nSPS) is 18.4. The smallest absolute Gasteiger partial charge is 0.223 e. The number of carbonyl (C=O) groups is 2. The van der Waals surface area contributed by atoms with Crippen LogP contribution in [0.15, 0.2) is 24.3 Å². The van der Waals surface area contributed by atoms with Gasteiger partial charge in [-0.05, 0) is 49.8 Å². The van der Waals surface area contributed by atoms with E-state index in [9.17, 15) is 9.59 Å². The lowest BCUT2D eigenvalue weighted by molar-refractivity contribution is -0.138. The molecule has 2 fully saturated rings. The van der Waals surface area contributed by atoms with Crippen LogP contribution in [-0.2, 0) is 16.0 Å². The van der Waals surface area contributed by atoms with E-state index in [1.54, 1.807) is 11.8 Å². The van der Waals surface area contributed by atoms with Crippen molar-refractivity contribution in [3.05, 3.63) is 29.8 Å². The minimum Gasteiger partial charge on any atom is -0.490 e. The predicted octanol–water partition coefficient (Wildman–Crippen LogP) is 2.63. The number of rotatable bonds is 5. The van der Waals surface area contributed by atoms with E-state index >= 15 is 0 Å². The van der Waals surface area contributed by atoms with E-state index in [2.05, 4.69) is 12.1 Å². The van der Waals surface area contributed by atoms with E-state index in [-0.39, 0.29) is 11.8 Å². The Hall–Kier alpha value is -2.04. The summed E-state index contributed by atoms with van der Waals surface area (Å²) in [5, 5.41) is 0. The van der Waals surface area contributed by atoms with E-state index < -0.39 is 0 Å². The highest BCUT2D eigenvalue weighted by molar-refractivity contribution is 5.77. The second-order valence-corrected chi connectivity index (χ2v) is 7.06. The summed E-state index contributed by atoms with van der Waals surface area (Å²) in [5.74, 6) is 1.18. The fourth-order valence-electron chi connectivity index (χ4n) is 3.65. The number of hydrogen-bond acceptors (Lipinski definition) is 3. The summed E-state index contributed by atoms with van der Waals surface area (Å²) in [6.07, 6.45) is 6.41. The molecule has 1 aromatic rings. The lowest BCUT2D eigenvalue weighted by Crippen LogP contribution is -2.50. The van der Waals surface area contributed by atoms with E-state index in [1.165, 1.54) is 12.8 Å². The molecule has 3 rings (SSSR count). The highest BCUT2D eigenvalue weighted by Gasteiger charge is 2.22. The Labute approximate surface area is 149 Å². The first-order valence-corrected chi connectivity index (χ1v) is 9.41. The third-order valence-corrected chi connectivity index (χ3v) is 5.21. The van der Waals surface area contributed by atoms with Gasteiger partial charge in [0.2, 0.25) is 11.8 Å². The van der Waals surface area contributed by atoms with Crippen LogP contribution in [0.5, 0.6) is 5.75 Å². The fraction of sp³-hybridized carbons (Fsp3) is 0.600. The Morgan fingerprint density at radius 3 is 2.44 bits per heavy atom. The summed E-state index contributed by atoms with van der Waals surface area (Å²) in [7, 11) is 0. The van der Waals surface area contributed by atoms with Crippen molar-refractivity contribution in [2.45, 2.75) is 51.6 Å². The van der Waals surface area contributed by atoms with Gasteiger partial charge in [-0.25, -0.2) is 0 Å². The summed E-state index contributed by atoms with van der Waals surface area (Å²) in [5.41, 5.74) is 1.14. The maximum absolute atomic E-state index is 12.4. The molecule has 0 N–H and O–H groups in total. The van der Waals surface area contributed by atoms with E-state index in [4.69, 9.17) is 4.74 Å². The summed E-state index contributed by atoms with van der Waals surface area (Å²) in [6.45, 7) is 4.15. The average Bonchev–Trinajstić information content (AvgIpc) is 3.13. The maximum atomic E-state index is 12.4. The lowest BCUT2D eigenvalue weighted by atomic mass is 10.1. The van der Waals surface area contributed by atoms with Crippen molar-refractivity contribution in [1.82, 2.24) is 9.80 Å². The summed E-state index contributed by atoms with van der Waals surface area (Å²) < 4.78 is 6.04. The van der Waals surface area contributed by atoms with Crippen LogP contribution >= 0.6 is 0 Å². The van der Waals surface area contributed by atoms with Gasteiger partial charge in [-0.2, -0.15) is 0 Å². The minimum atomic E-state index is 0.0891. The van der Waals surface area contributed by atoms with Gasteiger partial charge in [0.15, 0.2) is 0 Å². The standard InChI is InChI=1S/C20H28N2O3/c1-16(23)21-11-13-22(14-12-21)20(24)10-9-17-5-4-8-19(15-17)25-18-6-2-3-7-18/h4-5,8,15,18H,2-3,6-7,9-14H2,1H3. The first kappa shape index (κ1) is 17.8. The van der Waals surface area contributed by atoms with Crippen LogP contribution in [0.25, 0.3) is 0 Å². The van der Waals surface area contributed by atoms with Gasteiger partial charge in [-0.15, -0.1) is 0 Å². The van der Waals surface area contributed by atoms with Gasteiger partial charge in [-0.3, -0.25) is 9.59 Å². The number of carbonyl (C=O) groups excluding carboxylic acids is 2.